The van der Waals surface area contributed by atoms with E-state index in [1.54, 1.807) is 4.98 Å². The quantitative estimate of drug-likeness (QED) is 0.677. The van der Waals surface area contributed by atoms with E-state index in [0.29, 0.717) is 0 Å². The molecule has 0 saturated carbocycles. The second-order valence-corrected chi connectivity index (χ2v) is 2.65. The number of nitrogens with zero attached hydrogens (tertiary/aromatic N) is 1. The van der Waals surface area contributed by atoms with Crippen molar-refractivity contribution >= 4 is 11.0 Å². The van der Waals surface area contributed by atoms with E-state index < -0.39 is 17.6 Å². The van der Waals surface area contributed by atoms with Crippen LogP contribution in [0.5, 0.6) is 0 Å². The molecule has 2 N–H and O–H groups in total. The molecule has 0 unspecified atom stereocenters. The zero-order valence-corrected chi connectivity index (χ0v) is 6.64. The summed E-state index contributed by atoms with van der Waals surface area (Å²) in [6, 6.07) is 1.36. The minimum Gasteiger partial charge on any atom is -0.346 e. The number of rotatable bonds is 0. The van der Waals surface area contributed by atoms with Crippen molar-refractivity contribution in [3.63, 3.8) is 0 Å². The number of hydrogen-bond acceptors (Lipinski definition) is 2. The maximum absolute atomic E-state index is 12.2. The van der Waals surface area contributed by atoms with Crippen molar-refractivity contribution in [3.05, 3.63) is 28.4 Å². The summed E-state index contributed by atoms with van der Waals surface area (Å²) in [4.78, 5) is 18.4. The van der Waals surface area contributed by atoms with Crippen LogP contribution in [0.2, 0.25) is 0 Å². The SMILES string of the molecule is O=c1[nH]c(C(F)(F)F)nc2[nH]ccc12. The lowest BCUT2D eigenvalue weighted by Gasteiger charge is -2.03. The molecule has 14 heavy (non-hydrogen) atoms. The maximum Gasteiger partial charge on any atom is 0.449 e. The number of H-pyrrole nitrogens is 2. The van der Waals surface area contributed by atoms with Crippen molar-refractivity contribution in [2.24, 2.45) is 0 Å². The number of nitrogens with one attached hydrogen (secondary N) is 2. The Balaban J connectivity index is 2.77. The van der Waals surface area contributed by atoms with Gasteiger partial charge in [0.1, 0.15) is 5.65 Å². The van der Waals surface area contributed by atoms with Crippen LogP contribution in [0.3, 0.4) is 0 Å². The van der Waals surface area contributed by atoms with Gasteiger partial charge in [0.15, 0.2) is 0 Å². The van der Waals surface area contributed by atoms with E-state index in [2.05, 4.69) is 9.97 Å². The lowest BCUT2D eigenvalue weighted by Crippen LogP contribution is -2.18. The molecule has 0 amide bonds. The standard InChI is InChI=1S/C7H4F3N3O/c8-7(9,10)6-12-4-3(1-2-11-4)5(14)13-6/h1-2H,(H2,11,12,13,14). The highest BCUT2D eigenvalue weighted by molar-refractivity contribution is 5.73. The van der Waals surface area contributed by atoms with E-state index in [0.717, 1.165) is 0 Å². The van der Waals surface area contributed by atoms with Crippen molar-refractivity contribution in [3.8, 4) is 0 Å². The highest BCUT2D eigenvalue weighted by Gasteiger charge is 2.34. The smallest absolute Gasteiger partial charge is 0.346 e. The summed E-state index contributed by atoms with van der Waals surface area (Å²) in [5.41, 5.74) is -0.871. The Bertz CT molecular complexity index is 525. The van der Waals surface area contributed by atoms with Gasteiger partial charge in [-0.25, -0.2) is 4.98 Å². The summed E-state index contributed by atoms with van der Waals surface area (Å²) < 4.78 is 36.5. The number of alkyl halides is 3. The Morgan fingerprint density at radius 1 is 1.36 bits per heavy atom. The van der Waals surface area contributed by atoms with Crippen molar-refractivity contribution in [2.75, 3.05) is 0 Å². The monoisotopic (exact) mass is 203 g/mol. The average molecular weight is 203 g/mol. The highest BCUT2D eigenvalue weighted by atomic mass is 19.4. The van der Waals surface area contributed by atoms with Crippen LogP contribution in [0.1, 0.15) is 5.82 Å². The summed E-state index contributed by atoms with van der Waals surface area (Å²) in [5.74, 6) is -1.29. The third-order valence-corrected chi connectivity index (χ3v) is 1.69. The molecule has 7 heteroatoms. The van der Waals surface area contributed by atoms with Crippen LogP contribution in [0, 0.1) is 0 Å². The predicted octanol–water partition coefficient (Wildman–Crippen LogP) is 1.27. The van der Waals surface area contributed by atoms with Gasteiger partial charge in [0, 0.05) is 6.20 Å². The molecule has 0 aliphatic carbocycles. The van der Waals surface area contributed by atoms with Crippen molar-refractivity contribution < 1.29 is 13.2 Å². The lowest BCUT2D eigenvalue weighted by molar-refractivity contribution is -0.144. The van der Waals surface area contributed by atoms with Crippen molar-refractivity contribution in [2.45, 2.75) is 6.18 Å². The fourth-order valence-corrected chi connectivity index (χ4v) is 1.09. The molecule has 2 aromatic heterocycles. The first-order chi connectivity index (χ1) is 6.48. The first kappa shape index (κ1) is 8.79. The van der Waals surface area contributed by atoms with Crippen molar-refractivity contribution in [1.82, 2.24) is 15.0 Å². The molecule has 0 aliphatic rings. The van der Waals surface area contributed by atoms with Crippen LogP contribution in [0.15, 0.2) is 17.1 Å². The van der Waals surface area contributed by atoms with Gasteiger partial charge < -0.3 is 9.97 Å². The normalized spacial score (nSPS) is 12.2. The van der Waals surface area contributed by atoms with E-state index in [1.165, 1.54) is 12.3 Å². The van der Waals surface area contributed by atoms with Crippen LogP contribution < -0.4 is 5.56 Å². The van der Waals surface area contributed by atoms with Crippen LogP contribution in [0.4, 0.5) is 13.2 Å². The summed E-state index contributed by atoms with van der Waals surface area (Å²) in [6.07, 6.45) is -3.29. The van der Waals surface area contributed by atoms with Crippen LogP contribution in [-0.4, -0.2) is 15.0 Å². The average Bonchev–Trinajstić information content (AvgIpc) is 2.50. The predicted molar refractivity (Wildman–Crippen MR) is 41.7 cm³/mol. The number of halogens is 3. The Morgan fingerprint density at radius 2 is 2.07 bits per heavy atom. The zero-order chi connectivity index (χ0) is 10.3. The number of fused-ring (bicyclic) bond motifs is 1. The van der Waals surface area contributed by atoms with Crippen molar-refractivity contribution in [1.29, 1.82) is 0 Å². The van der Waals surface area contributed by atoms with Gasteiger partial charge in [0.05, 0.1) is 5.39 Å². The molecular formula is C7H4F3N3O. The number of aromatic amines is 2. The van der Waals surface area contributed by atoms with E-state index in [9.17, 15) is 18.0 Å². The first-order valence-electron chi connectivity index (χ1n) is 3.63. The number of hydrogen-bond donors (Lipinski definition) is 2. The van der Waals surface area contributed by atoms with Gasteiger partial charge >= 0.3 is 6.18 Å². The number of aromatic nitrogens is 3. The van der Waals surface area contributed by atoms with Crippen LogP contribution in [-0.2, 0) is 6.18 Å². The molecule has 0 bridgehead atoms. The fraction of sp³-hybridized carbons (Fsp3) is 0.143. The minimum absolute atomic E-state index is 0.0684. The summed E-state index contributed by atoms with van der Waals surface area (Å²) in [5, 5.41) is 0.109. The van der Waals surface area contributed by atoms with Gasteiger partial charge in [-0.3, -0.25) is 4.79 Å². The Morgan fingerprint density at radius 3 is 2.71 bits per heavy atom. The molecule has 2 heterocycles. The molecule has 0 spiro atoms. The van der Waals surface area contributed by atoms with E-state index in [-0.39, 0.29) is 11.0 Å². The topological polar surface area (TPSA) is 61.5 Å². The second kappa shape index (κ2) is 2.60. The molecule has 4 nitrogen and oxygen atoms in total. The lowest BCUT2D eigenvalue weighted by atomic mass is 10.4. The molecule has 2 aromatic rings. The highest BCUT2D eigenvalue weighted by Crippen LogP contribution is 2.25. The molecule has 0 saturated heterocycles. The molecule has 0 aliphatic heterocycles. The van der Waals surface area contributed by atoms with E-state index in [4.69, 9.17) is 0 Å². The van der Waals surface area contributed by atoms with E-state index >= 15 is 0 Å². The molecule has 0 atom stereocenters. The third kappa shape index (κ3) is 1.26. The van der Waals surface area contributed by atoms with Gasteiger partial charge in [-0.1, -0.05) is 0 Å². The molecule has 74 valence electrons. The summed E-state index contributed by atoms with van der Waals surface area (Å²) >= 11 is 0. The van der Waals surface area contributed by atoms with Gasteiger partial charge in [-0.2, -0.15) is 13.2 Å². The molecule has 2 rings (SSSR count). The summed E-state index contributed by atoms with van der Waals surface area (Å²) in [7, 11) is 0. The van der Waals surface area contributed by atoms with Gasteiger partial charge in [-0.05, 0) is 6.07 Å². The minimum atomic E-state index is -4.64. The largest absolute Gasteiger partial charge is 0.449 e. The Kier molecular flexibility index (Phi) is 1.63. The third-order valence-electron chi connectivity index (χ3n) is 1.69. The first-order valence-corrected chi connectivity index (χ1v) is 3.63. The van der Waals surface area contributed by atoms with Gasteiger partial charge in [0.25, 0.3) is 5.56 Å². The Hall–Kier alpha value is -1.79. The fourth-order valence-electron chi connectivity index (χ4n) is 1.09. The van der Waals surface area contributed by atoms with Crippen LogP contribution >= 0.6 is 0 Å². The molecular weight excluding hydrogens is 199 g/mol. The zero-order valence-electron chi connectivity index (χ0n) is 6.64. The Labute approximate surface area is 74.8 Å². The van der Waals surface area contributed by atoms with E-state index in [1.807, 2.05) is 0 Å². The van der Waals surface area contributed by atoms with Gasteiger partial charge in [-0.15, -0.1) is 0 Å². The van der Waals surface area contributed by atoms with Gasteiger partial charge in [0.2, 0.25) is 5.82 Å². The molecule has 0 radical (unpaired) electrons. The molecule has 0 fully saturated rings. The second-order valence-electron chi connectivity index (χ2n) is 2.65. The maximum atomic E-state index is 12.2. The summed E-state index contributed by atoms with van der Waals surface area (Å²) in [6.45, 7) is 0. The molecule has 0 aromatic carbocycles. The van der Waals surface area contributed by atoms with Crippen LogP contribution in [0.25, 0.3) is 11.0 Å².